The predicted octanol–water partition coefficient (Wildman–Crippen LogP) is 2.51. The first-order chi connectivity index (χ1) is 17.4. The lowest BCUT2D eigenvalue weighted by molar-refractivity contribution is -0.244. The van der Waals surface area contributed by atoms with Crippen LogP contribution in [0.1, 0.15) is 20.8 Å². The second-order valence-electron chi connectivity index (χ2n) is 9.95. The number of hydrogen-bond donors (Lipinski definition) is 0. The molecule has 0 spiro atoms. The maximum absolute atomic E-state index is 12.6. The third-order valence-corrected chi connectivity index (χ3v) is 12.1. The number of amides is 1. The number of carbonyl (C=O) groups is 1. The van der Waals surface area contributed by atoms with Gasteiger partial charge in [0, 0.05) is 6.07 Å². The minimum atomic E-state index is -4.27. The Balaban J connectivity index is 1.94. The molecule has 1 atom stereocenters. The van der Waals surface area contributed by atoms with Crippen molar-refractivity contribution >= 4 is 40.5 Å². The van der Waals surface area contributed by atoms with Crippen LogP contribution in [0.25, 0.3) is 0 Å². The molecule has 37 heavy (non-hydrogen) atoms. The first-order valence-electron chi connectivity index (χ1n) is 11.8. The van der Waals surface area contributed by atoms with Gasteiger partial charge in [-0.2, -0.15) is 0 Å². The molecule has 3 aromatic rings. The smallest absolute Gasteiger partial charge is 0.320 e. The highest BCUT2D eigenvalue weighted by molar-refractivity contribution is 7.92. The van der Waals surface area contributed by atoms with E-state index in [1.807, 2.05) is 60.7 Å². The topological polar surface area (TPSA) is 108 Å². The Morgan fingerprint density at radius 1 is 1.03 bits per heavy atom. The molecule has 1 fully saturated rings. The normalized spacial score (nSPS) is 15.6. The van der Waals surface area contributed by atoms with Gasteiger partial charge in [0.05, 0.1) is 12.9 Å². The number of anilines is 1. The van der Waals surface area contributed by atoms with E-state index in [0.717, 1.165) is 16.6 Å². The summed E-state index contributed by atoms with van der Waals surface area (Å²) in [5.74, 6) is 0.383. The van der Waals surface area contributed by atoms with Crippen LogP contribution in [0.2, 0.25) is 5.04 Å². The minimum Gasteiger partial charge on any atom is -0.533 e. The summed E-state index contributed by atoms with van der Waals surface area (Å²) in [7, 11) is -7.47. The Hall–Kier alpha value is -3.34. The van der Waals surface area contributed by atoms with E-state index < -0.39 is 29.5 Å². The monoisotopic (exact) mass is 540 g/mol. The molecule has 0 unspecified atom stereocenters. The lowest BCUT2D eigenvalue weighted by Gasteiger charge is -2.43. The Morgan fingerprint density at radius 2 is 1.57 bits per heavy atom. The van der Waals surface area contributed by atoms with E-state index in [0.29, 0.717) is 6.61 Å². The van der Waals surface area contributed by atoms with Crippen LogP contribution in [0.3, 0.4) is 0 Å². The maximum atomic E-state index is 12.6. The van der Waals surface area contributed by atoms with Crippen LogP contribution in [0.5, 0.6) is 11.5 Å². The fraction of sp³-hybridized carbons (Fsp3) is 0.296. The largest absolute Gasteiger partial charge is 0.533 e. The summed E-state index contributed by atoms with van der Waals surface area (Å²) < 4.78 is 43.3. The predicted molar refractivity (Wildman–Crippen MR) is 143 cm³/mol. The highest BCUT2D eigenvalue weighted by Gasteiger charge is 2.52. The van der Waals surface area contributed by atoms with E-state index >= 15 is 0 Å². The third kappa shape index (κ3) is 5.66. The van der Waals surface area contributed by atoms with Crippen molar-refractivity contribution in [1.29, 1.82) is 0 Å². The summed E-state index contributed by atoms with van der Waals surface area (Å²) in [6, 6.07) is 24.0. The zero-order valence-corrected chi connectivity index (χ0v) is 23.0. The van der Waals surface area contributed by atoms with E-state index in [1.54, 1.807) is 12.1 Å². The van der Waals surface area contributed by atoms with Crippen LogP contribution >= 0.6 is 0 Å². The zero-order valence-electron chi connectivity index (χ0n) is 21.2. The average Bonchev–Trinajstić information content (AvgIpc) is 3.66. The molecule has 1 amide bonds. The molecule has 0 saturated carbocycles. The average molecular weight is 541 g/mol. The highest BCUT2D eigenvalue weighted by atomic mass is 32.2. The Labute approximate surface area is 218 Å². The van der Waals surface area contributed by atoms with Gasteiger partial charge in [-0.15, -0.1) is 0 Å². The van der Waals surface area contributed by atoms with Crippen molar-refractivity contribution < 1.29 is 32.2 Å². The molecule has 0 aliphatic carbocycles. The molecule has 0 bridgehead atoms. The van der Waals surface area contributed by atoms with E-state index in [-0.39, 0.29) is 34.2 Å². The molecule has 0 N–H and O–H groups in total. The van der Waals surface area contributed by atoms with Gasteiger partial charge >= 0.3 is 8.32 Å². The Kier molecular flexibility index (Phi) is 7.36. The van der Waals surface area contributed by atoms with Crippen molar-refractivity contribution in [2.75, 3.05) is 23.8 Å². The molecule has 0 aromatic heterocycles. The van der Waals surface area contributed by atoms with Crippen molar-refractivity contribution in [3.05, 3.63) is 78.9 Å². The molecule has 1 aliphatic heterocycles. The van der Waals surface area contributed by atoms with Crippen LogP contribution in [0.4, 0.5) is 10.5 Å². The quantitative estimate of drug-likeness (QED) is 0.303. The van der Waals surface area contributed by atoms with E-state index in [9.17, 15) is 18.3 Å². The summed E-state index contributed by atoms with van der Waals surface area (Å²) in [5.41, 5.74) is -0.190. The summed E-state index contributed by atoms with van der Waals surface area (Å²) in [6.07, 6.45) is -1.12. The molecule has 196 valence electrons. The van der Waals surface area contributed by atoms with Gasteiger partial charge in [0.1, 0.15) is 29.9 Å². The van der Waals surface area contributed by atoms with Crippen LogP contribution in [0, 0.1) is 0 Å². The van der Waals surface area contributed by atoms with Gasteiger partial charge in [0.25, 0.3) is 0 Å². The molecule has 1 saturated heterocycles. The zero-order chi connectivity index (χ0) is 26.8. The first-order valence-corrected chi connectivity index (χ1v) is 15.6. The summed E-state index contributed by atoms with van der Waals surface area (Å²) in [4.78, 5) is 12.1. The maximum Gasteiger partial charge on any atom is 0.320 e. The van der Waals surface area contributed by atoms with Crippen molar-refractivity contribution in [3.63, 3.8) is 0 Å². The fourth-order valence-corrected chi connectivity index (χ4v) is 9.62. The van der Waals surface area contributed by atoms with Gasteiger partial charge in [-0.25, -0.2) is 12.7 Å². The number of hydrogen-bond acceptors (Lipinski definition) is 7. The number of epoxide rings is 1. The Morgan fingerprint density at radius 3 is 2.00 bits per heavy atom. The third-order valence-electron chi connectivity index (χ3n) is 6.16. The van der Waals surface area contributed by atoms with Crippen LogP contribution < -0.4 is 28.9 Å². The second kappa shape index (κ2) is 10.2. The number of benzene rings is 3. The number of rotatable bonds is 9. The molecule has 1 heterocycles. The SMILES string of the molecule is CC(C)(C)[Si](Oc1ccc(OC[C@@H]2CO2)cc1N(C(=O)[O-])S(C)(=O)=O)(c1ccccc1)c1ccccc1. The molecular formula is C27H30NO7SSi-. The first kappa shape index (κ1) is 26.7. The number of carbonyl (C=O) groups excluding carboxylic acids is 1. The lowest BCUT2D eigenvalue weighted by Crippen LogP contribution is -2.69. The van der Waals surface area contributed by atoms with Crippen LogP contribution in [-0.2, 0) is 14.8 Å². The number of carboxylic acid groups (broad SMARTS) is 1. The van der Waals surface area contributed by atoms with E-state index in [4.69, 9.17) is 13.9 Å². The van der Waals surface area contributed by atoms with Gasteiger partial charge in [-0.05, 0) is 27.5 Å². The highest BCUT2D eigenvalue weighted by Crippen LogP contribution is 2.42. The van der Waals surface area contributed by atoms with Gasteiger partial charge in [-0.1, -0.05) is 81.4 Å². The molecule has 4 rings (SSSR count). The number of ether oxygens (including phenoxy) is 2. The van der Waals surface area contributed by atoms with Gasteiger partial charge in [0.2, 0.25) is 10.0 Å². The summed E-state index contributed by atoms with van der Waals surface area (Å²) >= 11 is 0. The van der Waals surface area contributed by atoms with Crippen LogP contribution in [0.15, 0.2) is 78.9 Å². The Bertz CT molecular complexity index is 1320. The lowest BCUT2D eigenvalue weighted by atomic mass is 10.2. The van der Waals surface area contributed by atoms with Gasteiger partial charge in [-0.3, -0.25) is 0 Å². The van der Waals surface area contributed by atoms with Crippen molar-refractivity contribution in [3.8, 4) is 11.5 Å². The minimum absolute atomic E-state index is 0.0383. The second-order valence-corrected chi connectivity index (χ2v) is 16.0. The van der Waals surface area contributed by atoms with E-state index in [2.05, 4.69) is 20.8 Å². The van der Waals surface area contributed by atoms with Crippen molar-refractivity contribution in [1.82, 2.24) is 0 Å². The summed E-state index contributed by atoms with van der Waals surface area (Å²) in [5, 5.41) is 13.6. The van der Waals surface area contributed by atoms with Crippen molar-refractivity contribution in [2.24, 2.45) is 0 Å². The molecule has 10 heteroatoms. The van der Waals surface area contributed by atoms with E-state index in [1.165, 1.54) is 6.07 Å². The molecule has 8 nitrogen and oxygen atoms in total. The van der Waals surface area contributed by atoms with Crippen molar-refractivity contribution in [2.45, 2.75) is 31.9 Å². The van der Waals surface area contributed by atoms with Gasteiger partial charge in [0.15, 0.2) is 6.09 Å². The van der Waals surface area contributed by atoms with Gasteiger partial charge < -0.3 is 23.8 Å². The molecular weight excluding hydrogens is 510 g/mol. The van der Waals surface area contributed by atoms with Crippen LogP contribution in [-0.4, -0.2) is 48.4 Å². The molecule has 1 aliphatic rings. The number of sulfonamides is 1. The standard InChI is InChI=1S/C27H31NO7SSi/c1-27(2,3)37(22-11-7-5-8-12-22,23-13-9-6-10-14-23)35-25-16-15-20(33-18-21-19-34-21)17-24(25)28(26(29)30)36(4,31)32/h5-17,21H,18-19H2,1-4H3,(H,29,30)/p-1/t21-/m1/s1. The number of nitrogens with zero attached hydrogens (tertiary/aromatic N) is 1. The molecule has 3 aromatic carbocycles. The molecule has 0 radical (unpaired) electrons. The fourth-order valence-electron chi connectivity index (χ4n) is 4.41. The summed E-state index contributed by atoms with van der Waals surface area (Å²) in [6.45, 7) is 7.05.